The first-order valence-corrected chi connectivity index (χ1v) is 4.40. The third-order valence-electron chi connectivity index (χ3n) is 2.84. The first kappa shape index (κ1) is 9.14. The number of aliphatic carboxylic acids is 1. The van der Waals surface area contributed by atoms with Crippen LogP contribution in [0.25, 0.3) is 0 Å². The average Bonchev–Trinajstić information content (AvgIpc) is 2.45. The second kappa shape index (κ2) is 2.78. The Morgan fingerprint density at radius 3 is 2.79 bits per heavy atom. The van der Waals surface area contributed by atoms with Crippen LogP contribution >= 0.6 is 0 Å². The molecule has 0 radical (unpaired) electrons. The van der Waals surface area contributed by atoms with Crippen molar-refractivity contribution in [3.8, 4) is 0 Å². The Morgan fingerprint density at radius 1 is 1.79 bits per heavy atom. The molecule has 76 valence electrons. The molecular weight excluding hydrogens is 184 g/mol. The lowest BCUT2D eigenvalue weighted by molar-refractivity contribution is -0.148. The standard InChI is InChI=1S/C8H12N4O2/c1-12-6(4-10-11-12)8(7(13)14)2-5(9)3-8/h4-5H,2-3,9H2,1H3,(H,13,14). The molecule has 2 rings (SSSR count). The van der Waals surface area contributed by atoms with E-state index in [9.17, 15) is 9.90 Å². The van der Waals surface area contributed by atoms with Gasteiger partial charge in [-0.05, 0) is 12.8 Å². The number of aryl methyl sites for hydroxylation is 1. The summed E-state index contributed by atoms with van der Waals surface area (Å²) < 4.78 is 1.50. The number of hydrogen-bond donors (Lipinski definition) is 2. The van der Waals surface area contributed by atoms with Crippen LogP contribution in [-0.2, 0) is 17.3 Å². The van der Waals surface area contributed by atoms with Gasteiger partial charge in [-0.25, -0.2) is 0 Å². The van der Waals surface area contributed by atoms with Crippen molar-refractivity contribution in [2.45, 2.75) is 24.3 Å². The Balaban J connectivity index is 2.39. The van der Waals surface area contributed by atoms with Gasteiger partial charge in [0.2, 0.25) is 0 Å². The molecule has 0 amide bonds. The van der Waals surface area contributed by atoms with E-state index in [0.29, 0.717) is 18.5 Å². The first-order chi connectivity index (χ1) is 6.56. The Labute approximate surface area is 80.7 Å². The first-order valence-electron chi connectivity index (χ1n) is 4.40. The van der Waals surface area contributed by atoms with E-state index < -0.39 is 11.4 Å². The number of aromatic nitrogens is 3. The second-order valence-corrected chi connectivity index (χ2v) is 3.80. The molecule has 14 heavy (non-hydrogen) atoms. The normalized spacial score (nSPS) is 31.1. The Hall–Kier alpha value is -1.43. The van der Waals surface area contributed by atoms with Crippen molar-refractivity contribution in [2.24, 2.45) is 12.8 Å². The highest BCUT2D eigenvalue weighted by Gasteiger charge is 2.52. The summed E-state index contributed by atoms with van der Waals surface area (Å²) in [5.74, 6) is -0.843. The number of carbonyl (C=O) groups is 1. The fourth-order valence-electron chi connectivity index (χ4n) is 2.05. The molecule has 0 aromatic carbocycles. The van der Waals surface area contributed by atoms with Crippen molar-refractivity contribution < 1.29 is 9.90 Å². The van der Waals surface area contributed by atoms with E-state index in [1.165, 1.54) is 10.9 Å². The third kappa shape index (κ3) is 1.04. The minimum absolute atomic E-state index is 0.0269. The molecule has 1 aliphatic rings. The number of carboxylic acids is 1. The van der Waals surface area contributed by atoms with Gasteiger partial charge < -0.3 is 10.8 Å². The maximum atomic E-state index is 11.2. The molecule has 1 aromatic rings. The van der Waals surface area contributed by atoms with E-state index in [-0.39, 0.29) is 6.04 Å². The largest absolute Gasteiger partial charge is 0.481 e. The summed E-state index contributed by atoms with van der Waals surface area (Å²) in [6.45, 7) is 0. The molecule has 0 atom stereocenters. The van der Waals surface area contributed by atoms with Crippen LogP contribution in [0.2, 0.25) is 0 Å². The van der Waals surface area contributed by atoms with Gasteiger partial charge >= 0.3 is 5.97 Å². The van der Waals surface area contributed by atoms with Crippen LogP contribution in [0.1, 0.15) is 18.5 Å². The Kier molecular flexibility index (Phi) is 1.81. The van der Waals surface area contributed by atoms with Crippen LogP contribution in [0.15, 0.2) is 6.20 Å². The van der Waals surface area contributed by atoms with Gasteiger partial charge in [-0.3, -0.25) is 9.48 Å². The predicted octanol–water partition coefficient (Wildman–Crippen LogP) is -0.741. The maximum Gasteiger partial charge on any atom is 0.315 e. The van der Waals surface area contributed by atoms with Gasteiger partial charge in [0.15, 0.2) is 0 Å². The summed E-state index contributed by atoms with van der Waals surface area (Å²) >= 11 is 0. The smallest absolute Gasteiger partial charge is 0.315 e. The zero-order chi connectivity index (χ0) is 10.3. The lowest BCUT2D eigenvalue weighted by atomic mass is 9.64. The molecule has 0 saturated heterocycles. The summed E-state index contributed by atoms with van der Waals surface area (Å²) in [6, 6.07) is -0.0269. The van der Waals surface area contributed by atoms with Crippen LogP contribution in [0.4, 0.5) is 0 Å². The zero-order valence-electron chi connectivity index (χ0n) is 7.84. The molecule has 1 fully saturated rings. The van der Waals surface area contributed by atoms with E-state index >= 15 is 0 Å². The summed E-state index contributed by atoms with van der Waals surface area (Å²) in [6.07, 6.45) is 2.42. The molecule has 6 nitrogen and oxygen atoms in total. The van der Waals surface area contributed by atoms with Crippen LogP contribution < -0.4 is 5.73 Å². The molecule has 1 saturated carbocycles. The van der Waals surface area contributed by atoms with Gasteiger partial charge in [-0.1, -0.05) is 5.21 Å². The number of hydrogen-bond acceptors (Lipinski definition) is 4. The molecule has 0 unspecified atom stereocenters. The lowest BCUT2D eigenvalue weighted by Crippen LogP contribution is -2.55. The molecule has 0 spiro atoms. The van der Waals surface area contributed by atoms with E-state index in [1.54, 1.807) is 7.05 Å². The fraction of sp³-hybridized carbons (Fsp3) is 0.625. The van der Waals surface area contributed by atoms with Crippen LogP contribution in [-0.4, -0.2) is 32.1 Å². The molecule has 0 bridgehead atoms. The van der Waals surface area contributed by atoms with Crippen LogP contribution in [0.3, 0.4) is 0 Å². The quantitative estimate of drug-likeness (QED) is 0.649. The van der Waals surface area contributed by atoms with Crippen molar-refractivity contribution in [3.63, 3.8) is 0 Å². The van der Waals surface area contributed by atoms with Gasteiger partial charge in [0.05, 0.1) is 11.9 Å². The summed E-state index contributed by atoms with van der Waals surface area (Å²) in [4.78, 5) is 11.2. The monoisotopic (exact) mass is 196 g/mol. The van der Waals surface area contributed by atoms with Crippen LogP contribution in [0.5, 0.6) is 0 Å². The molecule has 1 aromatic heterocycles. The minimum atomic E-state index is -0.863. The number of carboxylic acid groups (broad SMARTS) is 1. The number of nitrogens with two attached hydrogens (primary N) is 1. The highest BCUT2D eigenvalue weighted by atomic mass is 16.4. The van der Waals surface area contributed by atoms with Crippen molar-refractivity contribution in [3.05, 3.63) is 11.9 Å². The third-order valence-corrected chi connectivity index (χ3v) is 2.84. The van der Waals surface area contributed by atoms with Gasteiger partial charge in [0.1, 0.15) is 5.41 Å². The molecule has 1 aliphatic carbocycles. The lowest BCUT2D eigenvalue weighted by Gasteiger charge is -2.41. The van der Waals surface area contributed by atoms with E-state index in [1.807, 2.05) is 0 Å². The number of nitrogens with zero attached hydrogens (tertiary/aromatic N) is 3. The minimum Gasteiger partial charge on any atom is -0.481 e. The summed E-state index contributed by atoms with van der Waals surface area (Å²) in [7, 11) is 1.69. The van der Waals surface area contributed by atoms with E-state index in [4.69, 9.17) is 5.73 Å². The van der Waals surface area contributed by atoms with Crippen molar-refractivity contribution in [1.82, 2.24) is 15.0 Å². The van der Waals surface area contributed by atoms with E-state index in [0.717, 1.165) is 0 Å². The van der Waals surface area contributed by atoms with E-state index in [2.05, 4.69) is 10.3 Å². The van der Waals surface area contributed by atoms with Crippen molar-refractivity contribution >= 4 is 5.97 Å². The highest BCUT2D eigenvalue weighted by Crippen LogP contribution is 2.42. The van der Waals surface area contributed by atoms with Crippen molar-refractivity contribution in [1.29, 1.82) is 0 Å². The molecule has 1 heterocycles. The van der Waals surface area contributed by atoms with Gasteiger partial charge in [-0.2, -0.15) is 0 Å². The molecule has 0 aliphatic heterocycles. The molecular formula is C8H12N4O2. The predicted molar refractivity (Wildman–Crippen MR) is 47.5 cm³/mol. The van der Waals surface area contributed by atoms with Crippen molar-refractivity contribution in [2.75, 3.05) is 0 Å². The van der Waals surface area contributed by atoms with Gasteiger partial charge in [0, 0.05) is 13.1 Å². The Bertz CT molecular complexity index is 367. The zero-order valence-corrected chi connectivity index (χ0v) is 7.84. The fourth-order valence-corrected chi connectivity index (χ4v) is 2.05. The van der Waals surface area contributed by atoms with Gasteiger partial charge in [0.25, 0.3) is 0 Å². The van der Waals surface area contributed by atoms with Gasteiger partial charge in [-0.15, -0.1) is 5.10 Å². The molecule has 3 N–H and O–H groups in total. The Morgan fingerprint density at radius 2 is 2.43 bits per heavy atom. The van der Waals surface area contributed by atoms with Crippen LogP contribution in [0, 0.1) is 0 Å². The topological polar surface area (TPSA) is 94.0 Å². The summed E-state index contributed by atoms with van der Waals surface area (Å²) in [5, 5.41) is 16.6. The number of rotatable bonds is 2. The summed E-state index contributed by atoms with van der Waals surface area (Å²) in [5.41, 5.74) is 5.40. The maximum absolute atomic E-state index is 11.2. The average molecular weight is 196 g/mol. The SMILES string of the molecule is Cn1nncc1C1(C(=O)O)CC(N)C1. The second-order valence-electron chi connectivity index (χ2n) is 3.80. The molecule has 6 heteroatoms. The highest BCUT2D eigenvalue weighted by molar-refractivity contribution is 5.82.